The van der Waals surface area contributed by atoms with Gasteiger partial charge in [-0.2, -0.15) is 0 Å². The third-order valence-electron chi connectivity index (χ3n) is 5.88. The Kier molecular flexibility index (Phi) is 6.41. The molecule has 160 valence electrons. The van der Waals surface area contributed by atoms with Crippen LogP contribution in [0, 0.1) is 13.8 Å². The molecule has 0 spiro atoms. The van der Waals surface area contributed by atoms with Gasteiger partial charge in [0.15, 0.2) is 5.78 Å². The lowest BCUT2D eigenvalue weighted by molar-refractivity contribution is -0.131. The minimum Gasteiger partial charge on any atom is -0.385 e. The van der Waals surface area contributed by atoms with E-state index < -0.39 is 11.6 Å². The van der Waals surface area contributed by atoms with Gasteiger partial charge in [-0.1, -0.05) is 37.3 Å². The number of Topliss-reactive ketones (excluding diaryl/α,β-unsaturated/α-hetero) is 1. The fourth-order valence-electron chi connectivity index (χ4n) is 4.16. The highest BCUT2D eigenvalue weighted by Gasteiger charge is 2.51. The van der Waals surface area contributed by atoms with Crippen LogP contribution in [-0.2, 0) is 21.6 Å². The van der Waals surface area contributed by atoms with Gasteiger partial charge in [0, 0.05) is 37.2 Å². The minimum absolute atomic E-state index is 0.246. The number of urea groups is 1. The average molecular weight is 412 g/mol. The van der Waals surface area contributed by atoms with E-state index in [1.807, 2.05) is 57.2 Å². The molecular weight excluding hydrogens is 382 g/mol. The van der Waals surface area contributed by atoms with Crippen molar-refractivity contribution in [3.63, 3.8) is 0 Å². The number of aryl methyl sites for hydroxylation is 1. The van der Waals surface area contributed by atoms with Crippen molar-refractivity contribution in [1.29, 1.82) is 0 Å². The first kappa shape index (κ1) is 21.8. The van der Waals surface area contributed by atoms with Crippen LogP contribution in [0.15, 0.2) is 36.4 Å². The zero-order valence-corrected chi connectivity index (χ0v) is 18.0. The van der Waals surface area contributed by atoms with E-state index in [9.17, 15) is 14.4 Å². The van der Waals surface area contributed by atoms with Gasteiger partial charge < -0.3 is 14.6 Å². The molecule has 7 nitrogen and oxygen atoms in total. The molecule has 1 aromatic heterocycles. The third kappa shape index (κ3) is 3.77. The van der Waals surface area contributed by atoms with Crippen molar-refractivity contribution in [2.24, 2.45) is 0 Å². The van der Waals surface area contributed by atoms with Crippen LogP contribution in [-0.4, -0.2) is 47.4 Å². The van der Waals surface area contributed by atoms with Gasteiger partial charge in [0.1, 0.15) is 5.54 Å². The fourth-order valence-corrected chi connectivity index (χ4v) is 4.16. The van der Waals surface area contributed by atoms with Gasteiger partial charge in [-0.3, -0.25) is 14.5 Å². The van der Waals surface area contributed by atoms with Gasteiger partial charge in [0.2, 0.25) is 0 Å². The Morgan fingerprint density at radius 1 is 1.17 bits per heavy atom. The van der Waals surface area contributed by atoms with Crippen LogP contribution >= 0.6 is 0 Å². The van der Waals surface area contributed by atoms with Gasteiger partial charge >= 0.3 is 6.03 Å². The lowest BCUT2D eigenvalue weighted by Crippen LogP contribution is -2.43. The van der Waals surface area contributed by atoms with Crippen molar-refractivity contribution in [3.05, 3.63) is 58.9 Å². The summed E-state index contributed by atoms with van der Waals surface area (Å²) in [6, 6.07) is 10.5. The number of imide groups is 1. The number of methoxy groups -OCH3 is 1. The van der Waals surface area contributed by atoms with Crippen LogP contribution in [0.2, 0.25) is 0 Å². The largest absolute Gasteiger partial charge is 0.385 e. The first-order valence-corrected chi connectivity index (χ1v) is 10.2. The topological polar surface area (TPSA) is 80.6 Å². The summed E-state index contributed by atoms with van der Waals surface area (Å²) in [5.41, 5.74) is 1.94. The highest BCUT2D eigenvalue weighted by Crippen LogP contribution is 2.32. The molecule has 1 N–H and O–H groups in total. The third-order valence-corrected chi connectivity index (χ3v) is 5.88. The van der Waals surface area contributed by atoms with Crippen molar-refractivity contribution >= 4 is 17.7 Å². The number of rotatable bonds is 9. The van der Waals surface area contributed by atoms with Gasteiger partial charge in [-0.05, 0) is 38.3 Å². The number of nitrogens with zero attached hydrogens (tertiary/aromatic N) is 2. The standard InChI is InChI=1S/C23H29N3O4/c1-5-23(18-10-7-6-8-11-18)21(28)26(22(29)24-23)15-20(27)19-14-16(2)25(17(19)3)12-9-13-30-4/h6-8,10-11,14H,5,9,12-13,15H2,1-4H3,(H,24,29). The number of nitrogens with one attached hydrogen (secondary N) is 1. The Morgan fingerprint density at radius 2 is 1.87 bits per heavy atom. The molecule has 2 aromatic rings. The second-order valence-electron chi connectivity index (χ2n) is 7.65. The van der Waals surface area contributed by atoms with E-state index in [1.54, 1.807) is 7.11 Å². The summed E-state index contributed by atoms with van der Waals surface area (Å²) in [5.74, 6) is -0.631. The van der Waals surface area contributed by atoms with Gasteiger partial charge in [-0.25, -0.2) is 4.79 Å². The minimum atomic E-state index is -1.13. The number of ether oxygens (including phenoxy) is 1. The Hall–Kier alpha value is -2.93. The monoisotopic (exact) mass is 411 g/mol. The zero-order valence-electron chi connectivity index (χ0n) is 18.0. The summed E-state index contributed by atoms with van der Waals surface area (Å²) >= 11 is 0. The molecule has 0 aliphatic carbocycles. The maximum Gasteiger partial charge on any atom is 0.325 e. The van der Waals surface area contributed by atoms with Crippen molar-refractivity contribution in [3.8, 4) is 0 Å². The Labute approximate surface area is 177 Å². The zero-order chi connectivity index (χ0) is 21.9. The summed E-state index contributed by atoms with van der Waals surface area (Å²) in [6.07, 6.45) is 1.24. The fraction of sp³-hybridized carbons (Fsp3) is 0.435. The molecule has 7 heteroatoms. The first-order valence-electron chi connectivity index (χ1n) is 10.2. The molecule has 0 radical (unpaired) electrons. The Morgan fingerprint density at radius 3 is 2.50 bits per heavy atom. The Bertz CT molecular complexity index is 951. The van der Waals surface area contributed by atoms with Crippen molar-refractivity contribution in [2.45, 2.75) is 45.7 Å². The number of amides is 3. The lowest BCUT2D eigenvalue weighted by Gasteiger charge is -2.25. The molecule has 0 bridgehead atoms. The number of aromatic nitrogens is 1. The van der Waals surface area contributed by atoms with E-state index in [1.165, 1.54) is 0 Å². The average Bonchev–Trinajstić information content (AvgIpc) is 3.17. The molecule has 1 unspecified atom stereocenters. The van der Waals surface area contributed by atoms with E-state index in [2.05, 4.69) is 9.88 Å². The molecule has 1 aliphatic heterocycles. The maximum absolute atomic E-state index is 13.2. The SMILES string of the molecule is CCC1(c2ccccc2)NC(=O)N(CC(=O)c2cc(C)n(CCCOC)c2C)C1=O. The highest BCUT2D eigenvalue weighted by molar-refractivity contribution is 6.11. The molecule has 1 aromatic carbocycles. The van der Waals surface area contributed by atoms with Crippen molar-refractivity contribution in [2.75, 3.05) is 20.3 Å². The first-order chi connectivity index (χ1) is 14.4. The van der Waals surface area contributed by atoms with Crippen molar-refractivity contribution < 1.29 is 19.1 Å². The molecule has 1 saturated heterocycles. The molecule has 3 rings (SSSR count). The van der Waals surface area contributed by atoms with Gasteiger partial charge in [0.25, 0.3) is 5.91 Å². The van der Waals surface area contributed by atoms with Crippen LogP contribution in [0.4, 0.5) is 4.79 Å². The van der Waals surface area contributed by atoms with Crippen LogP contribution in [0.25, 0.3) is 0 Å². The summed E-state index contributed by atoms with van der Waals surface area (Å²) in [6.45, 7) is 6.79. The quantitative estimate of drug-likeness (QED) is 0.390. The van der Waals surface area contributed by atoms with E-state index in [4.69, 9.17) is 4.74 Å². The Balaban J connectivity index is 1.81. The number of carbonyl (C=O) groups excluding carboxylic acids is 3. The second-order valence-corrected chi connectivity index (χ2v) is 7.65. The van der Waals surface area contributed by atoms with E-state index in [0.717, 1.165) is 34.8 Å². The number of benzene rings is 1. The van der Waals surface area contributed by atoms with E-state index in [0.29, 0.717) is 18.6 Å². The van der Waals surface area contributed by atoms with Crippen LogP contribution in [0.1, 0.15) is 47.1 Å². The molecule has 1 aliphatic rings. The van der Waals surface area contributed by atoms with E-state index >= 15 is 0 Å². The molecule has 1 atom stereocenters. The summed E-state index contributed by atoms with van der Waals surface area (Å²) < 4.78 is 7.18. The number of hydrogen-bond acceptors (Lipinski definition) is 4. The van der Waals surface area contributed by atoms with Gasteiger partial charge in [0.05, 0.1) is 6.54 Å². The number of ketones is 1. The second kappa shape index (κ2) is 8.83. The molecule has 2 heterocycles. The number of carbonyl (C=O) groups is 3. The lowest BCUT2D eigenvalue weighted by atomic mass is 9.87. The molecule has 30 heavy (non-hydrogen) atoms. The van der Waals surface area contributed by atoms with Crippen molar-refractivity contribution in [1.82, 2.24) is 14.8 Å². The summed E-state index contributed by atoms with van der Waals surface area (Å²) in [5, 5.41) is 2.82. The van der Waals surface area contributed by atoms with Crippen LogP contribution in [0.5, 0.6) is 0 Å². The number of hydrogen-bond donors (Lipinski definition) is 1. The highest BCUT2D eigenvalue weighted by atomic mass is 16.5. The smallest absolute Gasteiger partial charge is 0.325 e. The normalized spacial score (nSPS) is 18.7. The van der Waals surface area contributed by atoms with Crippen LogP contribution < -0.4 is 5.32 Å². The van der Waals surface area contributed by atoms with Crippen LogP contribution in [0.3, 0.4) is 0 Å². The maximum atomic E-state index is 13.2. The molecule has 1 fully saturated rings. The molecular formula is C23H29N3O4. The predicted octanol–water partition coefficient (Wildman–Crippen LogP) is 3.18. The van der Waals surface area contributed by atoms with Gasteiger partial charge in [-0.15, -0.1) is 0 Å². The molecule has 0 saturated carbocycles. The molecule has 3 amide bonds. The van der Waals surface area contributed by atoms with E-state index in [-0.39, 0.29) is 18.2 Å². The predicted molar refractivity (Wildman–Crippen MR) is 113 cm³/mol. The summed E-state index contributed by atoms with van der Waals surface area (Å²) in [4.78, 5) is 40.0. The summed E-state index contributed by atoms with van der Waals surface area (Å²) in [7, 11) is 1.66.